The van der Waals surface area contributed by atoms with E-state index in [-0.39, 0.29) is 5.56 Å². The minimum absolute atomic E-state index is 0.0879. The molecule has 1 N–H and O–H groups in total. The molecule has 0 fully saturated rings. The topological polar surface area (TPSA) is 38.3 Å². The number of hydrogen-bond acceptors (Lipinski definition) is 2. The molecule has 0 saturated heterocycles. The third-order valence-electron chi connectivity index (χ3n) is 1.43. The predicted molar refractivity (Wildman–Crippen MR) is 56.3 cm³/mol. The summed E-state index contributed by atoms with van der Waals surface area (Å²) >= 11 is 6.18. The van der Waals surface area contributed by atoms with Crippen LogP contribution in [-0.4, -0.2) is 13.0 Å². The molecule has 3 nitrogen and oxygen atoms in total. The van der Waals surface area contributed by atoms with Gasteiger partial charge >= 0.3 is 0 Å². The molecule has 0 saturated carbocycles. The zero-order valence-corrected chi connectivity index (χ0v) is 10.3. The molecule has 0 aromatic heterocycles. The van der Waals surface area contributed by atoms with E-state index in [0.29, 0.717) is 8.95 Å². The Bertz CT molecular complexity index is 347. The third kappa shape index (κ3) is 2.52. The maximum Gasteiger partial charge on any atom is 0.278 e. The lowest BCUT2D eigenvalue weighted by atomic mass is 10.2. The van der Waals surface area contributed by atoms with E-state index in [1.807, 2.05) is 5.48 Å². The highest BCUT2D eigenvalue weighted by molar-refractivity contribution is 9.11. The summed E-state index contributed by atoms with van der Waals surface area (Å²) in [5.74, 6) is -1.26. The molecule has 0 heterocycles. The van der Waals surface area contributed by atoms with Crippen LogP contribution >= 0.6 is 31.9 Å². The van der Waals surface area contributed by atoms with Gasteiger partial charge in [0.05, 0.1) is 12.7 Å². The maximum absolute atomic E-state index is 13.3. The van der Waals surface area contributed by atoms with Crippen molar-refractivity contribution in [2.45, 2.75) is 0 Å². The number of halogens is 3. The standard InChI is InChI=1S/C8H6Br2FNO2/c1-14-12-8(13)7-5(10)2-4(9)3-6(7)11/h2-3H,1H3,(H,12,13). The molecule has 0 aliphatic rings. The van der Waals surface area contributed by atoms with E-state index < -0.39 is 11.7 Å². The van der Waals surface area contributed by atoms with Crippen molar-refractivity contribution in [3.8, 4) is 0 Å². The van der Waals surface area contributed by atoms with Crippen LogP contribution in [0.4, 0.5) is 4.39 Å². The highest BCUT2D eigenvalue weighted by Crippen LogP contribution is 2.24. The van der Waals surface area contributed by atoms with Gasteiger partial charge in [0, 0.05) is 8.95 Å². The molecule has 1 amide bonds. The second kappa shape index (κ2) is 4.86. The number of nitrogens with one attached hydrogen (secondary N) is 1. The minimum atomic E-state index is -0.635. The summed E-state index contributed by atoms with van der Waals surface area (Å²) in [5.41, 5.74) is 1.95. The number of carbonyl (C=O) groups is 1. The average molecular weight is 327 g/mol. The van der Waals surface area contributed by atoms with Crippen LogP contribution in [0.5, 0.6) is 0 Å². The molecule has 1 aromatic carbocycles. The molecule has 1 rings (SSSR count). The number of hydrogen-bond donors (Lipinski definition) is 1. The van der Waals surface area contributed by atoms with E-state index in [4.69, 9.17) is 0 Å². The Morgan fingerprint density at radius 2 is 2.14 bits per heavy atom. The Kier molecular flexibility index (Phi) is 4.03. The van der Waals surface area contributed by atoms with Gasteiger partial charge in [-0.2, -0.15) is 0 Å². The van der Waals surface area contributed by atoms with Crippen LogP contribution in [0.1, 0.15) is 10.4 Å². The molecule has 0 aliphatic carbocycles. The molecule has 0 aliphatic heterocycles. The molecule has 14 heavy (non-hydrogen) atoms. The number of benzene rings is 1. The van der Waals surface area contributed by atoms with Gasteiger partial charge in [0.2, 0.25) is 0 Å². The fourth-order valence-corrected chi connectivity index (χ4v) is 2.26. The van der Waals surface area contributed by atoms with Crippen LogP contribution in [-0.2, 0) is 4.84 Å². The Labute approximate surface area is 96.8 Å². The third-order valence-corrected chi connectivity index (χ3v) is 2.51. The van der Waals surface area contributed by atoms with Gasteiger partial charge in [-0.25, -0.2) is 9.87 Å². The van der Waals surface area contributed by atoms with E-state index in [9.17, 15) is 9.18 Å². The van der Waals surface area contributed by atoms with Crippen molar-refractivity contribution in [1.29, 1.82) is 0 Å². The van der Waals surface area contributed by atoms with Crippen molar-refractivity contribution >= 4 is 37.8 Å². The second-order valence-corrected chi connectivity index (χ2v) is 4.15. The highest BCUT2D eigenvalue weighted by atomic mass is 79.9. The monoisotopic (exact) mass is 325 g/mol. The van der Waals surface area contributed by atoms with Crippen molar-refractivity contribution in [2.24, 2.45) is 0 Å². The van der Waals surface area contributed by atoms with Crippen molar-refractivity contribution in [1.82, 2.24) is 5.48 Å². The largest absolute Gasteiger partial charge is 0.278 e. The number of carbonyl (C=O) groups excluding carboxylic acids is 1. The first-order valence-electron chi connectivity index (χ1n) is 3.54. The smallest absolute Gasteiger partial charge is 0.277 e. The van der Waals surface area contributed by atoms with Gasteiger partial charge in [0.25, 0.3) is 5.91 Å². The Balaban J connectivity index is 3.14. The molecular formula is C8H6Br2FNO2. The van der Waals surface area contributed by atoms with Crippen molar-refractivity contribution in [2.75, 3.05) is 7.11 Å². The summed E-state index contributed by atoms with van der Waals surface area (Å²) < 4.78 is 14.2. The SMILES string of the molecule is CONC(=O)c1c(F)cc(Br)cc1Br. The number of amides is 1. The predicted octanol–water partition coefficient (Wildman–Crippen LogP) is 2.64. The zero-order chi connectivity index (χ0) is 10.7. The fraction of sp³-hybridized carbons (Fsp3) is 0.125. The van der Waals surface area contributed by atoms with Crippen molar-refractivity contribution in [3.05, 3.63) is 32.5 Å². The van der Waals surface area contributed by atoms with Crippen LogP contribution in [0, 0.1) is 5.82 Å². The first kappa shape index (κ1) is 11.6. The van der Waals surface area contributed by atoms with Crippen LogP contribution in [0.15, 0.2) is 21.1 Å². The maximum atomic E-state index is 13.3. The van der Waals surface area contributed by atoms with Gasteiger partial charge in [0.1, 0.15) is 5.82 Å². The van der Waals surface area contributed by atoms with E-state index in [2.05, 4.69) is 36.7 Å². The zero-order valence-electron chi connectivity index (χ0n) is 7.11. The lowest BCUT2D eigenvalue weighted by molar-refractivity contribution is 0.0532. The van der Waals surface area contributed by atoms with Crippen molar-refractivity contribution in [3.63, 3.8) is 0 Å². The summed E-state index contributed by atoms with van der Waals surface area (Å²) in [6.07, 6.45) is 0. The minimum Gasteiger partial charge on any atom is -0.277 e. The second-order valence-electron chi connectivity index (χ2n) is 2.38. The first-order valence-corrected chi connectivity index (χ1v) is 5.12. The van der Waals surface area contributed by atoms with Crippen LogP contribution < -0.4 is 5.48 Å². The Morgan fingerprint density at radius 3 is 2.64 bits per heavy atom. The quantitative estimate of drug-likeness (QED) is 0.848. The first-order chi connectivity index (χ1) is 6.56. The molecule has 1 aromatic rings. The molecule has 0 radical (unpaired) electrons. The van der Waals surface area contributed by atoms with Crippen LogP contribution in [0.3, 0.4) is 0 Å². The van der Waals surface area contributed by atoms with E-state index >= 15 is 0 Å². The molecule has 0 atom stereocenters. The Morgan fingerprint density at radius 1 is 1.50 bits per heavy atom. The fourth-order valence-electron chi connectivity index (χ4n) is 0.903. The number of rotatable bonds is 2. The van der Waals surface area contributed by atoms with E-state index in [1.54, 1.807) is 6.07 Å². The summed E-state index contributed by atoms with van der Waals surface area (Å²) in [5, 5.41) is 0. The molecule has 76 valence electrons. The highest BCUT2D eigenvalue weighted by Gasteiger charge is 2.16. The van der Waals surface area contributed by atoms with Crippen LogP contribution in [0.25, 0.3) is 0 Å². The lowest BCUT2D eigenvalue weighted by Crippen LogP contribution is -2.23. The summed E-state index contributed by atoms with van der Waals surface area (Å²) in [6, 6.07) is 2.78. The summed E-state index contributed by atoms with van der Waals surface area (Å²) in [6.45, 7) is 0. The molecule has 0 spiro atoms. The molecular weight excluding hydrogens is 321 g/mol. The van der Waals surface area contributed by atoms with Gasteiger partial charge in [0.15, 0.2) is 0 Å². The van der Waals surface area contributed by atoms with E-state index in [1.165, 1.54) is 13.2 Å². The van der Waals surface area contributed by atoms with Gasteiger partial charge in [-0.1, -0.05) is 15.9 Å². The number of hydroxylamine groups is 1. The van der Waals surface area contributed by atoms with Gasteiger partial charge in [-0.05, 0) is 28.1 Å². The summed E-state index contributed by atoms with van der Waals surface area (Å²) in [7, 11) is 1.28. The van der Waals surface area contributed by atoms with E-state index in [0.717, 1.165) is 0 Å². The molecule has 0 bridgehead atoms. The van der Waals surface area contributed by atoms with Crippen molar-refractivity contribution < 1.29 is 14.0 Å². The van der Waals surface area contributed by atoms with Crippen LogP contribution in [0.2, 0.25) is 0 Å². The average Bonchev–Trinajstić information content (AvgIpc) is 2.01. The molecule has 6 heteroatoms. The van der Waals surface area contributed by atoms with Gasteiger partial charge in [-0.3, -0.25) is 9.63 Å². The van der Waals surface area contributed by atoms with Gasteiger partial charge < -0.3 is 0 Å². The Hall–Kier alpha value is -0.460. The molecule has 0 unspecified atom stereocenters. The normalized spacial score (nSPS) is 10.0. The van der Waals surface area contributed by atoms with Gasteiger partial charge in [-0.15, -0.1) is 0 Å². The summed E-state index contributed by atoms with van der Waals surface area (Å²) in [4.78, 5) is 15.7. The lowest BCUT2D eigenvalue weighted by Gasteiger charge is -2.06.